The molecular weight excluding hydrogens is 516 g/mol. The Morgan fingerprint density at radius 3 is 2.51 bits per heavy atom. The minimum atomic E-state index is -0.960. The van der Waals surface area contributed by atoms with E-state index in [2.05, 4.69) is 20.7 Å². The normalized spacial score (nSPS) is 15.6. The molecule has 2 heterocycles. The largest absolute Gasteiger partial charge is 0.376 e. The number of aromatic nitrogens is 4. The molecule has 10 heteroatoms. The van der Waals surface area contributed by atoms with Gasteiger partial charge in [0.15, 0.2) is 0 Å². The SMILES string of the molecule is Cc1ccc(-c2nnn(CC(=O)N(c3ccccc3)[C@H](C(=O)NC[C@H]3CCCO3)c3ccc(Cl)cc3)n2)cc1. The molecule has 0 saturated carbocycles. The zero-order chi connectivity index (χ0) is 27.2. The summed E-state index contributed by atoms with van der Waals surface area (Å²) in [6.45, 7) is 2.84. The molecule has 2 atom stereocenters. The summed E-state index contributed by atoms with van der Waals surface area (Å²) in [7, 11) is 0. The Morgan fingerprint density at radius 2 is 1.82 bits per heavy atom. The number of para-hydroxylation sites is 1. The second-order valence-corrected chi connectivity index (χ2v) is 9.88. The Labute approximate surface area is 231 Å². The number of rotatable bonds is 9. The second-order valence-electron chi connectivity index (χ2n) is 9.44. The molecule has 0 aliphatic carbocycles. The van der Waals surface area contributed by atoms with Gasteiger partial charge in [0, 0.05) is 29.4 Å². The summed E-state index contributed by atoms with van der Waals surface area (Å²) in [5, 5.41) is 16.2. The molecule has 0 bridgehead atoms. The number of hydrogen-bond acceptors (Lipinski definition) is 6. The van der Waals surface area contributed by atoms with E-state index in [-0.39, 0.29) is 24.5 Å². The number of benzene rings is 3. The summed E-state index contributed by atoms with van der Waals surface area (Å²) >= 11 is 6.15. The maximum Gasteiger partial charge on any atom is 0.251 e. The third kappa shape index (κ3) is 6.50. The number of nitrogens with one attached hydrogen (secondary N) is 1. The van der Waals surface area contributed by atoms with Crippen molar-refractivity contribution in [1.29, 1.82) is 0 Å². The second kappa shape index (κ2) is 12.2. The molecule has 0 unspecified atom stereocenters. The number of carbonyl (C=O) groups excluding carboxylic acids is 2. The van der Waals surface area contributed by atoms with E-state index in [1.807, 2.05) is 49.4 Å². The number of anilines is 1. The fourth-order valence-corrected chi connectivity index (χ4v) is 4.66. The number of nitrogens with zero attached hydrogens (tertiary/aromatic N) is 5. The minimum absolute atomic E-state index is 0.0414. The molecule has 9 nitrogen and oxygen atoms in total. The first-order chi connectivity index (χ1) is 19.0. The van der Waals surface area contributed by atoms with Crippen molar-refractivity contribution in [2.24, 2.45) is 0 Å². The van der Waals surface area contributed by atoms with Crippen LogP contribution in [0, 0.1) is 6.92 Å². The topological polar surface area (TPSA) is 102 Å². The van der Waals surface area contributed by atoms with Crippen LogP contribution >= 0.6 is 11.6 Å². The molecule has 39 heavy (non-hydrogen) atoms. The number of halogens is 1. The van der Waals surface area contributed by atoms with Gasteiger partial charge in [0.1, 0.15) is 12.6 Å². The molecule has 0 spiro atoms. The lowest BCUT2D eigenvalue weighted by atomic mass is 10.0. The summed E-state index contributed by atoms with van der Waals surface area (Å²) in [5.74, 6) is -0.282. The highest BCUT2D eigenvalue weighted by molar-refractivity contribution is 6.30. The highest BCUT2D eigenvalue weighted by Gasteiger charge is 2.34. The highest BCUT2D eigenvalue weighted by atomic mass is 35.5. The maximum absolute atomic E-state index is 13.9. The van der Waals surface area contributed by atoms with Gasteiger partial charge in [-0.1, -0.05) is 71.8 Å². The number of carbonyl (C=O) groups is 2. The van der Waals surface area contributed by atoms with Gasteiger partial charge in [-0.3, -0.25) is 14.5 Å². The van der Waals surface area contributed by atoms with Gasteiger partial charge >= 0.3 is 0 Å². The zero-order valence-electron chi connectivity index (χ0n) is 21.5. The standard InChI is InChI=1S/C29H29ClN6O3/c1-20-9-11-22(12-10-20)28-32-34-35(33-28)19-26(37)36(24-6-3-2-4-7-24)27(21-13-15-23(30)16-14-21)29(38)31-18-25-8-5-17-39-25/h2-4,6-7,9-16,25,27H,5,8,17-19H2,1H3,(H,31,38)/t25-,27+/m1/s1. The Hall–Kier alpha value is -4.08. The molecule has 200 valence electrons. The van der Waals surface area contributed by atoms with Crippen LogP contribution < -0.4 is 10.2 Å². The maximum atomic E-state index is 13.9. The first-order valence-electron chi connectivity index (χ1n) is 12.8. The molecule has 5 rings (SSSR count). The number of ether oxygens (including phenoxy) is 1. The summed E-state index contributed by atoms with van der Waals surface area (Å²) in [5.41, 5.74) is 3.10. The van der Waals surface area contributed by atoms with E-state index in [1.165, 1.54) is 9.70 Å². The van der Waals surface area contributed by atoms with Gasteiger partial charge < -0.3 is 10.1 Å². The van der Waals surface area contributed by atoms with E-state index < -0.39 is 6.04 Å². The lowest BCUT2D eigenvalue weighted by Crippen LogP contribution is -2.46. The lowest BCUT2D eigenvalue weighted by molar-refractivity contribution is -0.127. The average molecular weight is 545 g/mol. The molecular formula is C29H29ClN6O3. The average Bonchev–Trinajstić information content (AvgIpc) is 3.64. The van der Waals surface area contributed by atoms with Gasteiger partial charge in [-0.05, 0) is 54.8 Å². The molecule has 1 aromatic heterocycles. The van der Waals surface area contributed by atoms with E-state index in [4.69, 9.17) is 16.3 Å². The van der Waals surface area contributed by atoms with Crippen LogP contribution in [-0.4, -0.2) is 51.3 Å². The van der Waals surface area contributed by atoms with Crippen LogP contribution in [0.1, 0.15) is 30.0 Å². The first-order valence-corrected chi connectivity index (χ1v) is 13.2. The number of tetrazole rings is 1. The van der Waals surface area contributed by atoms with Gasteiger partial charge in [0.25, 0.3) is 5.91 Å². The van der Waals surface area contributed by atoms with Crippen LogP contribution in [0.5, 0.6) is 0 Å². The Morgan fingerprint density at radius 1 is 1.08 bits per heavy atom. The summed E-state index contributed by atoms with van der Waals surface area (Å²) < 4.78 is 5.68. The molecule has 1 N–H and O–H groups in total. The van der Waals surface area contributed by atoms with Crippen molar-refractivity contribution in [3.8, 4) is 11.4 Å². The van der Waals surface area contributed by atoms with Crippen molar-refractivity contribution < 1.29 is 14.3 Å². The smallest absolute Gasteiger partial charge is 0.251 e. The van der Waals surface area contributed by atoms with E-state index in [9.17, 15) is 9.59 Å². The summed E-state index contributed by atoms with van der Waals surface area (Å²) in [4.78, 5) is 30.4. The van der Waals surface area contributed by atoms with Crippen LogP contribution in [0.4, 0.5) is 5.69 Å². The quantitative estimate of drug-likeness (QED) is 0.336. The van der Waals surface area contributed by atoms with Crippen molar-refractivity contribution in [1.82, 2.24) is 25.5 Å². The number of aryl methyl sites for hydroxylation is 1. The monoisotopic (exact) mass is 544 g/mol. The van der Waals surface area contributed by atoms with E-state index in [0.29, 0.717) is 35.2 Å². The van der Waals surface area contributed by atoms with Crippen molar-refractivity contribution >= 4 is 29.1 Å². The van der Waals surface area contributed by atoms with Crippen molar-refractivity contribution in [3.63, 3.8) is 0 Å². The number of hydrogen-bond donors (Lipinski definition) is 1. The molecule has 4 aromatic rings. The third-order valence-corrected chi connectivity index (χ3v) is 6.81. The van der Waals surface area contributed by atoms with Gasteiger partial charge in [0.05, 0.1) is 6.10 Å². The first kappa shape index (κ1) is 26.5. The molecule has 1 aliphatic rings. The van der Waals surface area contributed by atoms with Crippen LogP contribution in [0.15, 0.2) is 78.9 Å². The third-order valence-electron chi connectivity index (χ3n) is 6.56. The molecule has 1 fully saturated rings. The van der Waals surface area contributed by atoms with Gasteiger partial charge in [0.2, 0.25) is 11.7 Å². The van der Waals surface area contributed by atoms with Crippen LogP contribution in [0.3, 0.4) is 0 Å². The van der Waals surface area contributed by atoms with E-state index >= 15 is 0 Å². The van der Waals surface area contributed by atoms with Crippen LogP contribution in [-0.2, 0) is 20.9 Å². The lowest BCUT2D eigenvalue weighted by Gasteiger charge is -2.31. The number of amides is 2. The van der Waals surface area contributed by atoms with E-state index in [0.717, 1.165) is 24.0 Å². The van der Waals surface area contributed by atoms with Crippen molar-refractivity contribution in [2.45, 2.75) is 38.5 Å². The zero-order valence-corrected chi connectivity index (χ0v) is 22.3. The van der Waals surface area contributed by atoms with Crippen molar-refractivity contribution in [2.75, 3.05) is 18.1 Å². The molecule has 3 aromatic carbocycles. The predicted molar refractivity (Wildman–Crippen MR) is 148 cm³/mol. The summed E-state index contributed by atoms with van der Waals surface area (Å²) in [6, 6.07) is 22.8. The van der Waals surface area contributed by atoms with E-state index in [1.54, 1.807) is 36.4 Å². The van der Waals surface area contributed by atoms with Gasteiger partial charge in [-0.15, -0.1) is 10.2 Å². The predicted octanol–water partition coefficient (Wildman–Crippen LogP) is 4.37. The molecule has 2 amide bonds. The Balaban J connectivity index is 1.45. The summed E-state index contributed by atoms with van der Waals surface area (Å²) in [6.07, 6.45) is 1.81. The van der Waals surface area contributed by atoms with Gasteiger partial charge in [-0.25, -0.2) is 0 Å². The Bertz CT molecular complexity index is 1400. The fraction of sp³-hybridized carbons (Fsp3) is 0.276. The fourth-order valence-electron chi connectivity index (χ4n) is 4.53. The molecule has 1 aliphatic heterocycles. The Kier molecular flexibility index (Phi) is 8.29. The minimum Gasteiger partial charge on any atom is -0.376 e. The van der Waals surface area contributed by atoms with Crippen LogP contribution in [0.25, 0.3) is 11.4 Å². The highest BCUT2D eigenvalue weighted by Crippen LogP contribution is 2.29. The van der Waals surface area contributed by atoms with Crippen molar-refractivity contribution in [3.05, 3.63) is 95.0 Å². The molecule has 0 radical (unpaired) electrons. The van der Waals surface area contributed by atoms with Gasteiger partial charge in [-0.2, -0.15) is 4.80 Å². The molecule has 1 saturated heterocycles. The van der Waals surface area contributed by atoms with Crippen LogP contribution in [0.2, 0.25) is 5.02 Å².